The van der Waals surface area contributed by atoms with E-state index in [0.717, 1.165) is 46.6 Å². The van der Waals surface area contributed by atoms with Gasteiger partial charge in [0.25, 0.3) is 11.8 Å². The molecule has 0 saturated heterocycles. The highest BCUT2D eigenvalue weighted by Gasteiger charge is 2.42. The van der Waals surface area contributed by atoms with E-state index < -0.39 is 0 Å². The number of fused-ring (bicyclic) bond motifs is 8. The molecule has 2 aliphatic rings. The molecule has 0 saturated carbocycles. The summed E-state index contributed by atoms with van der Waals surface area (Å²) in [6.07, 6.45) is 2.87. The van der Waals surface area contributed by atoms with E-state index in [9.17, 15) is 9.59 Å². The zero-order valence-corrected chi connectivity index (χ0v) is 14.3. The van der Waals surface area contributed by atoms with E-state index in [1.807, 2.05) is 43.3 Å². The summed E-state index contributed by atoms with van der Waals surface area (Å²) in [5.41, 5.74) is 5.61. The molecule has 1 aliphatic carbocycles. The summed E-state index contributed by atoms with van der Waals surface area (Å²) in [6.45, 7) is 0.310. The Morgan fingerprint density at radius 1 is 1.04 bits per heavy atom. The maximum absolute atomic E-state index is 13.2. The van der Waals surface area contributed by atoms with E-state index in [1.165, 1.54) is 10.5 Å². The third-order valence-electron chi connectivity index (χ3n) is 5.37. The molecule has 2 aromatic carbocycles. The monoisotopic (exact) mass is 333 g/mol. The summed E-state index contributed by atoms with van der Waals surface area (Å²) in [4.78, 5) is 33.0. The number of aromatic amines is 1. The average Bonchev–Trinajstić information content (AvgIpc) is 3.25. The Labute approximate surface area is 145 Å². The topological polar surface area (TPSA) is 56.4 Å². The van der Waals surface area contributed by atoms with Gasteiger partial charge in [-0.2, -0.15) is 0 Å². The highest BCUT2D eigenvalue weighted by Crippen LogP contribution is 2.42. The van der Waals surface area contributed by atoms with Gasteiger partial charge in [-0.3, -0.25) is 19.4 Å². The van der Waals surface area contributed by atoms with Crippen molar-refractivity contribution >= 4 is 33.6 Å². The van der Waals surface area contributed by atoms with Gasteiger partial charge in [-0.15, -0.1) is 0 Å². The molecule has 1 N–H and O–H groups in total. The smallest absolute Gasteiger partial charge is 0.263 e. The largest absolute Gasteiger partial charge is 0.354 e. The predicted octanol–water partition coefficient (Wildman–Crippen LogP) is 2.92. The SMILES string of the molecule is CN(C)CN1C(=O)c2c3c(c4[nH]c5ccccc5c4c2C1=O)CCC3. The number of aryl methyl sites for hydroxylation is 1. The molecule has 0 atom stereocenters. The van der Waals surface area contributed by atoms with Crippen molar-refractivity contribution in [3.8, 4) is 0 Å². The minimum atomic E-state index is -0.168. The lowest BCUT2D eigenvalue weighted by Crippen LogP contribution is -2.37. The molecule has 1 aromatic heterocycles. The van der Waals surface area contributed by atoms with Crippen molar-refractivity contribution < 1.29 is 9.59 Å². The van der Waals surface area contributed by atoms with Gasteiger partial charge in [0.2, 0.25) is 0 Å². The lowest BCUT2D eigenvalue weighted by molar-refractivity contribution is 0.0584. The normalized spacial score (nSPS) is 16.5. The van der Waals surface area contributed by atoms with Crippen LogP contribution >= 0.6 is 0 Å². The second-order valence-electron chi connectivity index (χ2n) is 7.24. The maximum Gasteiger partial charge on any atom is 0.263 e. The average molecular weight is 333 g/mol. The molecule has 2 heterocycles. The second kappa shape index (κ2) is 4.92. The minimum Gasteiger partial charge on any atom is -0.354 e. The van der Waals surface area contributed by atoms with Crippen molar-refractivity contribution in [2.45, 2.75) is 19.3 Å². The van der Waals surface area contributed by atoms with E-state index >= 15 is 0 Å². The first-order valence-electron chi connectivity index (χ1n) is 8.67. The summed E-state index contributed by atoms with van der Waals surface area (Å²) >= 11 is 0. The van der Waals surface area contributed by atoms with E-state index in [-0.39, 0.29) is 11.8 Å². The molecule has 0 spiro atoms. The first kappa shape index (κ1) is 14.7. The molecular weight excluding hydrogens is 314 g/mol. The van der Waals surface area contributed by atoms with Crippen LogP contribution in [0.5, 0.6) is 0 Å². The predicted molar refractivity (Wildman–Crippen MR) is 96.9 cm³/mol. The number of benzene rings is 2. The van der Waals surface area contributed by atoms with Gasteiger partial charge in [0, 0.05) is 16.3 Å². The lowest BCUT2D eigenvalue weighted by atomic mass is 9.94. The first-order chi connectivity index (χ1) is 12.1. The standard InChI is InChI=1S/C20H19N3O2/c1-22(2)10-23-19(24)16-11-7-5-8-12(11)18-15(17(16)20(23)25)13-6-3-4-9-14(13)21-18/h3-4,6,9,21H,5,7-8,10H2,1-2H3. The molecule has 0 bridgehead atoms. The van der Waals surface area contributed by atoms with Crippen LogP contribution < -0.4 is 0 Å². The number of nitrogens with one attached hydrogen (secondary N) is 1. The van der Waals surface area contributed by atoms with Crippen LogP contribution in [0.2, 0.25) is 0 Å². The molecule has 5 rings (SSSR count). The Morgan fingerprint density at radius 2 is 1.76 bits per heavy atom. The zero-order valence-electron chi connectivity index (χ0n) is 14.3. The van der Waals surface area contributed by atoms with Gasteiger partial charge in [-0.1, -0.05) is 18.2 Å². The fourth-order valence-electron chi connectivity index (χ4n) is 4.42. The van der Waals surface area contributed by atoms with Gasteiger partial charge in [-0.25, -0.2) is 0 Å². The number of hydrogen-bond donors (Lipinski definition) is 1. The molecular formula is C20H19N3O2. The Bertz CT molecular complexity index is 1080. The summed E-state index contributed by atoms with van der Waals surface area (Å²) in [7, 11) is 3.74. The lowest BCUT2D eigenvalue weighted by Gasteiger charge is -2.18. The van der Waals surface area contributed by atoms with Crippen LogP contribution in [0, 0.1) is 0 Å². The number of H-pyrrole nitrogens is 1. The van der Waals surface area contributed by atoms with Crippen LogP contribution in [0.15, 0.2) is 24.3 Å². The van der Waals surface area contributed by atoms with Crippen molar-refractivity contribution in [2.24, 2.45) is 0 Å². The van der Waals surface area contributed by atoms with Crippen LogP contribution in [0.4, 0.5) is 0 Å². The highest BCUT2D eigenvalue weighted by atomic mass is 16.2. The van der Waals surface area contributed by atoms with Crippen molar-refractivity contribution in [1.29, 1.82) is 0 Å². The van der Waals surface area contributed by atoms with Gasteiger partial charge in [-0.05, 0) is 50.6 Å². The Morgan fingerprint density at radius 3 is 2.56 bits per heavy atom. The summed E-state index contributed by atoms with van der Waals surface area (Å²) in [6, 6.07) is 8.03. The van der Waals surface area contributed by atoms with Crippen molar-refractivity contribution in [2.75, 3.05) is 20.8 Å². The number of imide groups is 1. The van der Waals surface area contributed by atoms with E-state index in [2.05, 4.69) is 4.98 Å². The molecule has 0 radical (unpaired) electrons. The van der Waals surface area contributed by atoms with Gasteiger partial charge in [0.15, 0.2) is 0 Å². The van der Waals surface area contributed by atoms with Crippen molar-refractivity contribution in [3.05, 3.63) is 46.5 Å². The van der Waals surface area contributed by atoms with E-state index in [4.69, 9.17) is 0 Å². The molecule has 0 fully saturated rings. The minimum absolute atomic E-state index is 0.140. The first-order valence-corrected chi connectivity index (χ1v) is 8.67. The number of para-hydroxylation sites is 1. The maximum atomic E-state index is 13.2. The van der Waals surface area contributed by atoms with Crippen LogP contribution in [0.1, 0.15) is 38.3 Å². The number of nitrogens with zero attached hydrogens (tertiary/aromatic N) is 2. The summed E-state index contributed by atoms with van der Waals surface area (Å²) in [5.74, 6) is -0.308. The summed E-state index contributed by atoms with van der Waals surface area (Å²) in [5, 5.41) is 1.95. The molecule has 25 heavy (non-hydrogen) atoms. The Kier molecular flexibility index (Phi) is 2.89. The Hall–Kier alpha value is -2.66. The molecule has 0 unspecified atom stereocenters. The molecule has 5 heteroatoms. The molecule has 2 amide bonds. The van der Waals surface area contributed by atoms with E-state index in [1.54, 1.807) is 0 Å². The number of aromatic nitrogens is 1. The van der Waals surface area contributed by atoms with Crippen molar-refractivity contribution in [3.63, 3.8) is 0 Å². The number of carbonyl (C=O) groups excluding carboxylic acids is 2. The second-order valence-corrected chi connectivity index (χ2v) is 7.24. The molecule has 1 aliphatic heterocycles. The zero-order chi connectivity index (χ0) is 17.3. The molecule has 3 aromatic rings. The third-order valence-corrected chi connectivity index (χ3v) is 5.37. The van der Waals surface area contributed by atoms with E-state index in [0.29, 0.717) is 17.8 Å². The number of carbonyl (C=O) groups is 2. The third kappa shape index (κ3) is 1.81. The quantitative estimate of drug-likeness (QED) is 0.734. The van der Waals surface area contributed by atoms with Crippen LogP contribution in [-0.2, 0) is 12.8 Å². The Balaban J connectivity index is 1.91. The fourth-order valence-corrected chi connectivity index (χ4v) is 4.42. The van der Waals surface area contributed by atoms with Gasteiger partial charge in [0.05, 0.1) is 23.3 Å². The molecule has 126 valence electrons. The van der Waals surface area contributed by atoms with Crippen LogP contribution in [-0.4, -0.2) is 47.4 Å². The van der Waals surface area contributed by atoms with Crippen LogP contribution in [0.3, 0.4) is 0 Å². The van der Waals surface area contributed by atoms with Gasteiger partial charge in [0.1, 0.15) is 0 Å². The number of hydrogen-bond acceptors (Lipinski definition) is 3. The van der Waals surface area contributed by atoms with Crippen molar-refractivity contribution in [1.82, 2.24) is 14.8 Å². The fraction of sp³-hybridized carbons (Fsp3) is 0.300. The molecule has 5 nitrogen and oxygen atoms in total. The summed E-state index contributed by atoms with van der Waals surface area (Å²) < 4.78 is 0. The number of rotatable bonds is 2. The van der Waals surface area contributed by atoms with Gasteiger partial charge < -0.3 is 4.98 Å². The van der Waals surface area contributed by atoms with Crippen LogP contribution in [0.25, 0.3) is 21.8 Å². The van der Waals surface area contributed by atoms with Gasteiger partial charge >= 0.3 is 0 Å². The highest BCUT2D eigenvalue weighted by molar-refractivity contribution is 6.31. The number of amides is 2.